The van der Waals surface area contributed by atoms with Crippen molar-refractivity contribution < 1.29 is 8.42 Å². The van der Waals surface area contributed by atoms with E-state index in [-0.39, 0.29) is 0 Å². The molecule has 1 atom stereocenters. The second-order valence-electron chi connectivity index (χ2n) is 6.53. The first kappa shape index (κ1) is 21.0. The van der Waals surface area contributed by atoms with E-state index >= 15 is 0 Å². The van der Waals surface area contributed by atoms with E-state index in [1.807, 2.05) is 6.08 Å². The van der Waals surface area contributed by atoms with Crippen LogP contribution in [0.5, 0.6) is 0 Å². The van der Waals surface area contributed by atoms with Gasteiger partial charge in [-0.25, -0.2) is 12.7 Å². The van der Waals surface area contributed by atoms with Gasteiger partial charge in [-0.15, -0.1) is 6.58 Å². The molecule has 6 nitrogen and oxygen atoms in total. The fraction of sp³-hybridized carbons (Fsp3) is 0.824. The summed E-state index contributed by atoms with van der Waals surface area (Å²) in [5.41, 5.74) is 0. The van der Waals surface area contributed by atoms with Crippen molar-refractivity contribution in [2.24, 2.45) is 10.9 Å². The van der Waals surface area contributed by atoms with Crippen LogP contribution in [0.15, 0.2) is 17.6 Å². The standard InChI is InChI=1S/C17H34N4O2S/c1-5-7-8-9-10-12-20(3)17(18-6-2)19-14-16-11-13-21(15-16)24(4,22)23/h5,16H,1,6-15H2,2-4H3,(H,18,19). The van der Waals surface area contributed by atoms with Gasteiger partial charge in [-0.1, -0.05) is 12.5 Å². The number of hydrogen-bond donors (Lipinski definition) is 1. The van der Waals surface area contributed by atoms with Gasteiger partial charge in [0, 0.05) is 39.8 Å². The molecule has 0 radical (unpaired) electrons. The topological polar surface area (TPSA) is 65.0 Å². The Balaban J connectivity index is 2.45. The van der Waals surface area contributed by atoms with Gasteiger partial charge in [0.25, 0.3) is 0 Å². The quantitative estimate of drug-likeness (QED) is 0.280. The Kier molecular flexibility index (Phi) is 9.36. The van der Waals surface area contributed by atoms with Crippen molar-refractivity contribution >= 4 is 16.0 Å². The molecule has 1 rings (SSSR count). The molecule has 1 heterocycles. The predicted octanol–water partition coefficient (Wildman–Crippen LogP) is 1.91. The molecule has 0 saturated carbocycles. The Morgan fingerprint density at radius 3 is 2.75 bits per heavy atom. The molecule has 0 amide bonds. The summed E-state index contributed by atoms with van der Waals surface area (Å²) < 4.78 is 24.7. The summed E-state index contributed by atoms with van der Waals surface area (Å²) in [4.78, 5) is 6.89. The van der Waals surface area contributed by atoms with Gasteiger partial charge in [0.2, 0.25) is 10.0 Å². The zero-order valence-electron chi connectivity index (χ0n) is 15.5. The third-order valence-electron chi connectivity index (χ3n) is 4.32. The average Bonchev–Trinajstić information content (AvgIpc) is 3.00. The zero-order valence-corrected chi connectivity index (χ0v) is 16.3. The number of hydrogen-bond acceptors (Lipinski definition) is 3. The molecule has 0 spiro atoms. The van der Waals surface area contributed by atoms with E-state index in [0.29, 0.717) is 25.6 Å². The minimum absolute atomic E-state index is 0.314. The molecule has 24 heavy (non-hydrogen) atoms. The molecule has 0 aromatic carbocycles. The maximum Gasteiger partial charge on any atom is 0.211 e. The zero-order chi connectivity index (χ0) is 18.0. The fourth-order valence-electron chi connectivity index (χ4n) is 2.85. The minimum atomic E-state index is -3.07. The van der Waals surface area contributed by atoms with Crippen LogP contribution < -0.4 is 5.32 Å². The van der Waals surface area contributed by atoms with Crippen molar-refractivity contribution in [3.63, 3.8) is 0 Å². The number of rotatable bonds is 10. The maximum atomic E-state index is 11.6. The maximum absolute atomic E-state index is 11.6. The van der Waals surface area contributed by atoms with Gasteiger partial charge in [0.15, 0.2) is 5.96 Å². The average molecular weight is 359 g/mol. The highest BCUT2D eigenvalue weighted by molar-refractivity contribution is 7.88. The monoisotopic (exact) mass is 358 g/mol. The highest BCUT2D eigenvalue weighted by Gasteiger charge is 2.28. The highest BCUT2D eigenvalue weighted by Crippen LogP contribution is 2.19. The molecule has 1 N–H and O–H groups in total. The van der Waals surface area contributed by atoms with Crippen LogP contribution in [0.1, 0.15) is 39.0 Å². The first-order chi connectivity index (χ1) is 11.4. The van der Waals surface area contributed by atoms with Gasteiger partial charge in [0.05, 0.1) is 6.26 Å². The molecular weight excluding hydrogens is 324 g/mol. The largest absolute Gasteiger partial charge is 0.357 e. The first-order valence-corrected chi connectivity index (χ1v) is 10.8. The molecule has 7 heteroatoms. The van der Waals surface area contributed by atoms with Crippen molar-refractivity contribution in [2.45, 2.75) is 39.0 Å². The van der Waals surface area contributed by atoms with Gasteiger partial charge >= 0.3 is 0 Å². The molecule has 1 saturated heterocycles. The van der Waals surface area contributed by atoms with Crippen LogP contribution >= 0.6 is 0 Å². The van der Waals surface area contributed by atoms with Gasteiger partial charge < -0.3 is 10.2 Å². The SMILES string of the molecule is C=CCCCCCN(C)C(=NCC1CCN(S(C)(=O)=O)C1)NCC. The summed E-state index contributed by atoms with van der Waals surface area (Å²) in [6, 6.07) is 0. The van der Waals surface area contributed by atoms with Crippen LogP contribution in [0.2, 0.25) is 0 Å². The molecule has 0 bridgehead atoms. The molecule has 1 aliphatic rings. The number of nitrogens with zero attached hydrogens (tertiary/aromatic N) is 3. The molecule has 1 fully saturated rings. The van der Waals surface area contributed by atoms with Gasteiger partial charge in [-0.05, 0) is 38.5 Å². The summed E-state index contributed by atoms with van der Waals surface area (Å²) in [7, 11) is -1.01. The molecule has 1 aliphatic heterocycles. The van der Waals surface area contributed by atoms with Crippen molar-refractivity contribution in [3.05, 3.63) is 12.7 Å². The van der Waals surface area contributed by atoms with E-state index in [4.69, 9.17) is 4.99 Å². The Morgan fingerprint density at radius 2 is 2.17 bits per heavy atom. The number of aliphatic imine (C=N–C) groups is 1. The fourth-order valence-corrected chi connectivity index (χ4v) is 3.77. The molecule has 140 valence electrons. The second kappa shape index (κ2) is 10.7. The van der Waals surface area contributed by atoms with Gasteiger partial charge in [-0.2, -0.15) is 0 Å². The molecule has 1 unspecified atom stereocenters. The second-order valence-corrected chi connectivity index (χ2v) is 8.51. The van der Waals surface area contributed by atoms with E-state index < -0.39 is 10.0 Å². The van der Waals surface area contributed by atoms with E-state index in [0.717, 1.165) is 38.3 Å². The normalized spacial score (nSPS) is 19.5. The lowest BCUT2D eigenvalue weighted by molar-refractivity contribution is 0.447. The number of nitrogens with one attached hydrogen (secondary N) is 1. The number of allylic oxidation sites excluding steroid dienone is 1. The lowest BCUT2D eigenvalue weighted by Crippen LogP contribution is -2.39. The van der Waals surface area contributed by atoms with E-state index in [2.05, 4.69) is 30.8 Å². The van der Waals surface area contributed by atoms with Crippen LogP contribution in [-0.2, 0) is 10.0 Å². The van der Waals surface area contributed by atoms with Gasteiger partial charge in [-0.3, -0.25) is 4.99 Å². The summed E-state index contributed by atoms with van der Waals surface area (Å²) in [5, 5.41) is 3.33. The summed E-state index contributed by atoms with van der Waals surface area (Å²) in [6.45, 7) is 9.51. The van der Waals surface area contributed by atoms with E-state index in [1.165, 1.54) is 19.1 Å². The Morgan fingerprint density at radius 1 is 1.42 bits per heavy atom. The Labute approximate surface area is 148 Å². The van der Waals surface area contributed by atoms with Crippen molar-refractivity contribution in [1.82, 2.24) is 14.5 Å². The first-order valence-electron chi connectivity index (χ1n) is 8.94. The van der Waals surface area contributed by atoms with Crippen LogP contribution in [-0.4, -0.2) is 69.6 Å². The summed E-state index contributed by atoms with van der Waals surface area (Å²) in [6.07, 6.45) is 8.74. The van der Waals surface area contributed by atoms with Crippen LogP contribution in [0.3, 0.4) is 0 Å². The van der Waals surface area contributed by atoms with Crippen LogP contribution in [0.4, 0.5) is 0 Å². The van der Waals surface area contributed by atoms with Crippen LogP contribution in [0, 0.1) is 5.92 Å². The Bertz CT molecular complexity index is 505. The lowest BCUT2D eigenvalue weighted by Gasteiger charge is -2.22. The summed E-state index contributed by atoms with van der Waals surface area (Å²) in [5.74, 6) is 1.23. The van der Waals surface area contributed by atoms with Crippen molar-refractivity contribution in [2.75, 3.05) is 46.0 Å². The smallest absolute Gasteiger partial charge is 0.211 e. The molecule has 0 aliphatic carbocycles. The van der Waals surface area contributed by atoms with Gasteiger partial charge in [0.1, 0.15) is 0 Å². The molecule has 0 aromatic rings. The van der Waals surface area contributed by atoms with E-state index in [9.17, 15) is 8.42 Å². The van der Waals surface area contributed by atoms with Crippen molar-refractivity contribution in [3.8, 4) is 0 Å². The third kappa shape index (κ3) is 7.66. The van der Waals surface area contributed by atoms with Crippen molar-refractivity contribution in [1.29, 1.82) is 0 Å². The molecule has 0 aromatic heterocycles. The Hall–Kier alpha value is -1.08. The van der Waals surface area contributed by atoms with Crippen LogP contribution in [0.25, 0.3) is 0 Å². The van der Waals surface area contributed by atoms with E-state index in [1.54, 1.807) is 4.31 Å². The highest BCUT2D eigenvalue weighted by atomic mass is 32.2. The number of sulfonamides is 1. The third-order valence-corrected chi connectivity index (χ3v) is 5.58. The molecular formula is C17H34N4O2S. The predicted molar refractivity (Wildman–Crippen MR) is 102 cm³/mol. The summed E-state index contributed by atoms with van der Waals surface area (Å²) >= 11 is 0. The lowest BCUT2D eigenvalue weighted by atomic mass is 10.1. The number of guanidine groups is 1. The number of unbranched alkanes of at least 4 members (excludes halogenated alkanes) is 3. The minimum Gasteiger partial charge on any atom is -0.357 e.